The third-order valence-electron chi connectivity index (χ3n) is 5.38. The summed E-state index contributed by atoms with van der Waals surface area (Å²) in [5.74, 6) is 1.84. The highest BCUT2D eigenvalue weighted by atomic mass is 32.1. The molecule has 3 aromatic rings. The molecule has 0 atom stereocenters. The molecule has 0 aliphatic carbocycles. The maximum atomic E-state index is 12.8. The van der Waals surface area contributed by atoms with E-state index in [-0.39, 0.29) is 25.2 Å². The molecular formula is C25H28N4O5S. The molecule has 2 aromatic carbocycles. The van der Waals surface area contributed by atoms with Gasteiger partial charge in [-0.15, -0.1) is 11.3 Å². The highest BCUT2D eigenvalue weighted by molar-refractivity contribution is 7.07. The van der Waals surface area contributed by atoms with Crippen molar-refractivity contribution in [2.24, 2.45) is 4.99 Å². The van der Waals surface area contributed by atoms with Gasteiger partial charge in [-0.25, -0.2) is 4.79 Å². The minimum absolute atomic E-state index is 0.158. The number of nitrogens with one attached hydrogen (secondary N) is 2. The molecule has 0 saturated carbocycles. The molecule has 2 N–H and O–H groups in total. The number of carbonyl (C=O) groups is 2. The van der Waals surface area contributed by atoms with Crippen LogP contribution < -0.4 is 29.6 Å². The summed E-state index contributed by atoms with van der Waals surface area (Å²) in [5, 5.41) is 7.55. The summed E-state index contributed by atoms with van der Waals surface area (Å²) in [6.07, 6.45) is 0.839. The normalized spacial score (nSPS) is 12.5. The highest BCUT2D eigenvalue weighted by Crippen LogP contribution is 2.32. The van der Waals surface area contributed by atoms with Crippen LogP contribution in [0.2, 0.25) is 0 Å². The van der Waals surface area contributed by atoms with Gasteiger partial charge < -0.3 is 29.4 Å². The first-order chi connectivity index (χ1) is 17.1. The van der Waals surface area contributed by atoms with Gasteiger partial charge in [-0.2, -0.15) is 4.99 Å². The summed E-state index contributed by atoms with van der Waals surface area (Å²) in [5.41, 5.74) is 2.75. The molecule has 2 heterocycles. The molecule has 0 radical (unpaired) electrons. The molecule has 4 rings (SSSR count). The number of rotatable bonds is 9. The summed E-state index contributed by atoms with van der Waals surface area (Å²) in [6, 6.07) is 13.0. The Bertz CT molecular complexity index is 1250. The van der Waals surface area contributed by atoms with Gasteiger partial charge in [0.1, 0.15) is 5.75 Å². The molecule has 1 aromatic heterocycles. The van der Waals surface area contributed by atoms with Gasteiger partial charge in [-0.1, -0.05) is 6.07 Å². The fourth-order valence-electron chi connectivity index (χ4n) is 3.66. The van der Waals surface area contributed by atoms with Gasteiger partial charge in [0.25, 0.3) is 5.91 Å². The lowest BCUT2D eigenvalue weighted by Crippen LogP contribution is -2.36. The molecule has 1 aliphatic heterocycles. The van der Waals surface area contributed by atoms with Crippen molar-refractivity contribution in [2.75, 3.05) is 27.0 Å². The van der Waals surface area contributed by atoms with E-state index < -0.39 is 0 Å². The number of methoxy groups -OCH3 is 1. The van der Waals surface area contributed by atoms with E-state index in [2.05, 4.69) is 15.6 Å². The first-order valence-corrected chi connectivity index (χ1v) is 12.3. The molecule has 35 heavy (non-hydrogen) atoms. The molecule has 0 spiro atoms. The minimum atomic E-state index is -0.249. The van der Waals surface area contributed by atoms with Crippen molar-refractivity contribution < 1.29 is 23.8 Å². The van der Waals surface area contributed by atoms with Crippen molar-refractivity contribution >= 4 is 23.3 Å². The number of urea groups is 1. The number of fused-ring (bicyclic) bond motifs is 1. The number of thiazole rings is 1. The van der Waals surface area contributed by atoms with Gasteiger partial charge in [-0.3, -0.25) is 4.79 Å². The molecule has 0 fully saturated rings. The third-order valence-corrected chi connectivity index (χ3v) is 6.24. The fraction of sp³-hybridized carbons (Fsp3) is 0.320. The summed E-state index contributed by atoms with van der Waals surface area (Å²) in [4.78, 5) is 29.5. The number of carbonyl (C=O) groups excluding carboxylic acids is 2. The predicted octanol–water partition coefficient (Wildman–Crippen LogP) is 3.33. The minimum Gasteiger partial charge on any atom is -0.497 e. The van der Waals surface area contributed by atoms with Gasteiger partial charge in [0.05, 0.1) is 19.2 Å². The number of amides is 3. The summed E-state index contributed by atoms with van der Waals surface area (Å²) >= 11 is 1.41. The Labute approximate surface area is 207 Å². The third kappa shape index (κ3) is 6.21. The Morgan fingerprint density at radius 1 is 1.11 bits per heavy atom. The molecule has 3 amide bonds. The standard InChI is InChI=1S/C25H28N4O5S/c1-3-26-24(31)27-11-4-12-29-20(18-6-8-19(32-2)9-7-18)15-35-25(29)28-23(30)14-17-5-10-21-22(13-17)34-16-33-21/h5-10,13,15H,3-4,11-12,14,16H2,1-2H3,(H2,26,27,31)/b28-25-. The van der Waals surface area contributed by atoms with Crippen LogP contribution in [-0.4, -0.2) is 43.5 Å². The number of ether oxygens (including phenoxy) is 3. The second-order valence-electron chi connectivity index (χ2n) is 7.79. The average Bonchev–Trinajstić information content (AvgIpc) is 3.48. The van der Waals surface area contributed by atoms with E-state index in [0.717, 1.165) is 22.6 Å². The van der Waals surface area contributed by atoms with E-state index in [1.165, 1.54) is 11.3 Å². The zero-order valence-corrected chi connectivity index (χ0v) is 20.5. The van der Waals surface area contributed by atoms with Crippen LogP contribution in [0.4, 0.5) is 4.79 Å². The van der Waals surface area contributed by atoms with E-state index in [4.69, 9.17) is 14.2 Å². The average molecular weight is 497 g/mol. The van der Waals surface area contributed by atoms with Gasteiger partial charge in [0.2, 0.25) is 6.79 Å². The molecular weight excluding hydrogens is 468 g/mol. The topological polar surface area (TPSA) is 103 Å². The fourth-order valence-corrected chi connectivity index (χ4v) is 4.61. The van der Waals surface area contributed by atoms with Crippen molar-refractivity contribution in [3.8, 4) is 28.5 Å². The largest absolute Gasteiger partial charge is 0.497 e. The van der Waals surface area contributed by atoms with Gasteiger partial charge in [0, 0.05) is 25.0 Å². The van der Waals surface area contributed by atoms with Crippen LogP contribution in [0.3, 0.4) is 0 Å². The zero-order chi connectivity index (χ0) is 24.6. The second-order valence-corrected chi connectivity index (χ2v) is 8.63. The number of hydrogen-bond acceptors (Lipinski definition) is 6. The summed E-state index contributed by atoms with van der Waals surface area (Å²) in [6.45, 7) is 3.72. The van der Waals surface area contributed by atoms with Crippen molar-refractivity contribution in [3.05, 3.63) is 58.2 Å². The van der Waals surface area contributed by atoms with E-state index in [9.17, 15) is 9.59 Å². The number of aromatic nitrogens is 1. The van der Waals surface area contributed by atoms with E-state index >= 15 is 0 Å². The van der Waals surface area contributed by atoms with Crippen molar-refractivity contribution in [3.63, 3.8) is 0 Å². The lowest BCUT2D eigenvalue weighted by molar-refractivity contribution is -0.117. The Kier molecular flexibility index (Phi) is 8.04. The maximum absolute atomic E-state index is 12.8. The number of hydrogen-bond donors (Lipinski definition) is 2. The van der Waals surface area contributed by atoms with Gasteiger partial charge >= 0.3 is 6.03 Å². The lowest BCUT2D eigenvalue weighted by atomic mass is 10.1. The SMILES string of the molecule is CCNC(=O)NCCCn1c(-c2ccc(OC)cc2)cs/c1=N\C(=O)Cc1ccc2c(c1)OCO2. The first kappa shape index (κ1) is 24.3. The molecule has 1 aliphatic rings. The van der Waals surface area contributed by atoms with Crippen LogP contribution in [0, 0.1) is 0 Å². The van der Waals surface area contributed by atoms with Crippen molar-refractivity contribution in [2.45, 2.75) is 26.3 Å². The summed E-state index contributed by atoms with van der Waals surface area (Å²) < 4.78 is 18.0. The van der Waals surface area contributed by atoms with Crippen molar-refractivity contribution in [1.29, 1.82) is 0 Å². The monoisotopic (exact) mass is 496 g/mol. The first-order valence-electron chi connectivity index (χ1n) is 11.4. The van der Waals surface area contributed by atoms with Crippen LogP contribution in [0.15, 0.2) is 52.8 Å². The number of nitrogens with zero attached hydrogens (tertiary/aromatic N) is 2. The smallest absolute Gasteiger partial charge is 0.314 e. The van der Waals surface area contributed by atoms with Crippen LogP contribution in [0.5, 0.6) is 17.2 Å². The van der Waals surface area contributed by atoms with Gasteiger partial charge in [0.15, 0.2) is 16.3 Å². The van der Waals surface area contributed by atoms with Crippen molar-refractivity contribution in [1.82, 2.24) is 15.2 Å². The zero-order valence-electron chi connectivity index (χ0n) is 19.7. The lowest BCUT2D eigenvalue weighted by Gasteiger charge is -2.11. The molecule has 9 nitrogen and oxygen atoms in total. The number of benzene rings is 2. The molecule has 0 unspecified atom stereocenters. The Hall–Kier alpha value is -3.79. The molecule has 10 heteroatoms. The van der Waals surface area contributed by atoms with E-state index in [1.807, 2.05) is 53.3 Å². The Balaban J connectivity index is 1.54. The Morgan fingerprint density at radius 2 is 1.91 bits per heavy atom. The van der Waals surface area contributed by atoms with Crippen LogP contribution >= 0.6 is 11.3 Å². The van der Waals surface area contributed by atoms with Crippen LogP contribution in [0.1, 0.15) is 18.9 Å². The van der Waals surface area contributed by atoms with E-state index in [0.29, 0.717) is 42.4 Å². The highest BCUT2D eigenvalue weighted by Gasteiger charge is 2.15. The predicted molar refractivity (Wildman–Crippen MR) is 133 cm³/mol. The van der Waals surface area contributed by atoms with E-state index in [1.54, 1.807) is 13.2 Å². The Morgan fingerprint density at radius 3 is 2.69 bits per heavy atom. The second kappa shape index (κ2) is 11.6. The maximum Gasteiger partial charge on any atom is 0.314 e. The van der Waals surface area contributed by atoms with Crippen LogP contribution in [-0.2, 0) is 17.8 Å². The van der Waals surface area contributed by atoms with Gasteiger partial charge in [-0.05, 0) is 60.9 Å². The molecule has 184 valence electrons. The van der Waals surface area contributed by atoms with Crippen LogP contribution in [0.25, 0.3) is 11.3 Å². The summed E-state index contributed by atoms with van der Waals surface area (Å²) in [7, 11) is 1.63. The molecule has 0 saturated heterocycles. The quantitative estimate of drug-likeness (QED) is 0.443. The molecule has 0 bridgehead atoms.